The zero-order valence-electron chi connectivity index (χ0n) is 33.2. The van der Waals surface area contributed by atoms with Gasteiger partial charge in [0.25, 0.3) is 0 Å². The number of aryl methyl sites for hydroxylation is 1. The molecule has 0 aromatic heterocycles. The molecule has 0 unspecified atom stereocenters. The van der Waals surface area contributed by atoms with Gasteiger partial charge >= 0.3 is 5.97 Å². The van der Waals surface area contributed by atoms with E-state index in [0.29, 0.717) is 25.7 Å². The summed E-state index contributed by atoms with van der Waals surface area (Å²) >= 11 is 5.07. The Hall–Kier alpha value is -2.22. The van der Waals surface area contributed by atoms with Crippen LogP contribution in [-0.2, 0) is 54.9 Å². The molecule has 0 atom stereocenters. The van der Waals surface area contributed by atoms with Crippen molar-refractivity contribution in [2.45, 2.75) is 130 Å². The SMILES string of the molecule is CC(=S)c1cccc(CS(=O)(=O)C(C)C)c1.CCC(=O)OCCOC(C)C.CCCOCCOC(C)C.Cc1ccc(CS(=O)(=O)C(C)C)cc1. The molecule has 2 aromatic rings. The van der Waals surface area contributed by atoms with Crippen LogP contribution in [-0.4, -0.2) is 83.4 Å². The fraction of sp³-hybridized carbons (Fsp3) is 0.641. The molecular weight excluding hydrogens is 709 g/mol. The smallest absolute Gasteiger partial charge is 0.305 e. The fourth-order valence-corrected chi connectivity index (χ4v) is 5.59. The lowest BCUT2D eigenvalue weighted by Gasteiger charge is -2.08. The van der Waals surface area contributed by atoms with Gasteiger partial charge in [-0.25, -0.2) is 16.8 Å². The predicted molar refractivity (Wildman–Crippen MR) is 215 cm³/mol. The topological polar surface area (TPSA) is 122 Å². The van der Waals surface area contributed by atoms with Crippen LogP contribution in [0.2, 0.25) is 0 Å². The van der Waals surface area contributed by atoms with E-state index in [4.69, 9.17) is 31.2 Å². The molecule has 0 saturated heterocycles. The molecule has 0 fully saturated rings. The molecule has 0 amide bonds. The van der Waals surface area contributed by atoms with Crippen LogP contribution in [0.4, 0.5) is 0 Å². The first-order valence-corrected chi connectivity index (χ1v) is 21.6. The van der Waals surface area contributed by atoms with Gasteiger partial charge in [-0.05, 0) is 98.4 Å². The quantitative estimate of drug-likeness (QED) is 0.0633. The normalized spacial score (nSPS) is 11.3. The third-order valence-corrected chi connectivity index (χ3v) is 11.3. The maximum Gasteiger partial charge on any atom is 0.305 e. The lowest BCUT2D eigenvalue weighted by atomic mass is 10.1. The number of ether oxygens (including phenoxy) is 4. The first kappa shape index (κ1) is 50.9. The van der Waals surface area contributed by atoms with Crippen LogP contribution < -0.4 is 0 Å². The monoisotopic (exact) mass is 774 g/mol. The summed E-state index contributed by atoms with van der Waals surface area (Å²) in [5.74, 6) is 0.0591. The Morgan fingerprint density at radius 2 is 1.18 bits per heavy atom. The predicted octanol–water partition coefficient (Wildman–Crippen LogP) is 8.27. The van der Waals surface area contributed by atoms with Crippen molar-refractivity contribution in [2.24, 2.45) is 0 Å². The third kappa shape index (κ3) is 28.0. The summed E-state index contributed by atoms with van der Waals surface area (Å²) < 4.78 is 67.1. The van der Waals surface area contributed by atoms with Crippen LogP contribution in [0.1, 0.15) is 111 Å². The molecule has 0 saturated carbocycles. The number of hydrogen-bond donors (Lipinski definition) is 0. The average molecular weight is 775 g/mol. The summed E-state index contributed by atoms with van der Waals surface area (Å²) in [6.07, 6.45) is 2.05. The van der Waals surface area contributed by atoms with Gasteiger partial charge < -0.3 is 18.9 Å². The molecule has 9 nitrogen and oxygen atoms in total. The molecule has 0 heterocycles. The third-order valence-electron chi connectivity index (χ3n) is 6.74. The van der Waals surface area contributed by atoms with Crippen molar-refractivity contribution in [3.8, 4) is 0 Å². The van der Waals surface area contributed by atoms with Crippen molar-refractivity contribution >= 4 is 42.7 Å². The Morgan fingerprint density at radius 1 is 0.686 bits per heavy atom. The van der Waals surface area contributed by atoms with E-state index in [2.05, 4.69) is 6.92 Å². The van der Waals surface area contributed by atoms with E-state index >= 15 is 0 Å². The highest BCUT2D eigenvalue weighted by Gasteiger charge is 2.17. The summed E-state index contributed by atoms with van der Waals surface area (Å²) in [5.41, 5.74) is 3.74. The lowest BCUT2D eigenvalue weighted by molar-refractivity contribution is -0.145. The number of carbonyl (C=O) groups is 1. The van der Waals surface area contributed by atoms with Gasteiger partial charge in [0.05, 0.1) is 54.0 Å². The van der Waals surface area contributed by atoms with Gasteiger partial charge in [0.2, 0.25) is 0 Å². The van der Waals surface area contributed by atoms with Crippen molar-refractivity contribution in [3.05, 3.63) is 70.8 Å². The summed E-state index contributed by atoms with van der Waals surface area (Å²) in [6.45, 7) is 25.6. The Balaban J connectivity index is 0. The van der Waals surface area contributed by atoms with Gasteiger partial charge in [-0.2, -0.15) is 0 Å². The van der Waals surface area contributed by atoms with E-state index in [-0.39, 0.29) is 34.1 Å². The molecule has 2 aromatic carbocycles. The summed E-state index contributed by atoms with van der Waals surface area (Å²) in [5, 5.41) is -0.645. The molecule has 0 aliphatic heterocycles. The van der Waals surface area contributed by atoms with E-state index in [9.17, 15) is 21.6 Å². The van der Waals surface area contributed by atoms with Crippen LogP contribution >= 0.6 is 12.2 Å². The van der Waals surface area contributed by atoms with Crippen molar-refractivity contribution in [1.82, 2.24) is 0 Å². The maximum atomic E-state index is 11.7. The van der Waals surface area contributed by atoms with Crippen molar-refractivity contribution in [2.75, 3.05) is 33.0 Å². The van der Waals surface area contributed by atoms with Gasteiger partial charge in [-0.1, -0.05) is 74.1 Å². The van der Waals surface area contributed by atoms with Crippen molar-refractivity contribution in [1.29, 1.82) is 0 Å². The van der Waals surface area contributed by atoms with Crippen LogP contribution in [0.15, 0.2) is 48.5 Å². The molecule has 0 radical (unpaired) electrons. The maximum absolute atomic E-state index is 11.7. The second-order valence-electron chi connectivity index (χ2n) is 13.0. The lowest BCUT2D eigenvalue weighted by Crippen LogP contribution is -2.16. The van der Waals surface area contributed by atoms with Crippen LogP contribution in [0.5, 0.6) is 0 Å². The van der Waals surface area contributed by atoms with Crippen LogP contribution in [0.3, 0.4) is 0 Å². The molecule has 0 N–H and O–H groups in total. The number of thiocarbonyl (C=S) groups is 1. The summed E-state index contributed by atoms with van der Waals surface area (Å²) in [7, 11) is -6.00. The number of rotatable bonds is 18. The zero-order chi connectivity index (χ0) is 39.6. The highest BCUT2D eigenvalue weighted by molar-refractivity contribution is 7.91. The molecular formula is C39H66O9S3. The molecule has 294 valence electrons. The molecule has 12 heteroatoms. The largest absolute Gasteiger partial charge is 0.463 e. The highest BCUT2D eigenvalue weighted by atomic mass is 32.2. The number of esters is 1. The highest BCUT2D eigenvalue weighted by Crippen LogP contribution is 2.14. The standard InChI is InChI=1S/C12H16O2S2.C11H16O2S.C8H16O3.C8H18O2/c1-9(2)16(13,14)8-11-5-4-6-12(7-11)10(3)15;1-9(2)14(12,13)8-11-6-4-10(3)5-7-11;1-4-8(9)11-6-5-10-7(2)3;1-4-5-9-6-7-10-8(2)3/h4-7,9H,8H2,1-3H3;4-7,9H,8H2,1-3H3;7H,4-6H2,1-3H3;8H,4-7H2,1-3H3. The van der Waals surface area contributed by atoms with Gasteiger partial charge in [0.1, 0.15) is 6.61 Å². The van der Waals surface area contributed by atoms with E-state index in [1.54, 1.807) is 34.6 Å². The average Bonchev–Trinajstić information content (AvgIpc) is 3.04. The fourth-order valence-electron chi connectivity index (χ4n) is 3.49. The van der Waals surface area contributed by atoms with Crippen molar-refractivity contribution in [3.63, 3.8) is 0 Å². The Morgan fingerprint density at radius 3 is 1.61 bits per heavy atom. The molecule has 51 heavy (non-hydrogen) atoms. The van der Waals surface area contributed by atoms with Gasteiger partial charge in [-0.3, -0.25) is 4.79 Å². The first-order valence-electron chi connectivity index (χ1n) is 17.7. The van der Waals surface area contributed by atoms with Crippen LogP contribution in [0.25, 0.3) is 0 Å². The minimum atomic E-state index is -3.04. The zero-order valence-corrected chi connectivity index (χ0v) is 35.6. The van der Waals surface area contributed by atoms with Crippen molar-refractivity contribution < 1.29 is 40.6 Å². The molecule has 2 rings (SSSR count). The van der Waals surface area contributed by atoms with E-state index < -0.39 is 19.7 Å². The number of carbonyl (C=O) groups excluding carboxylic acids is 1. The van der Waals surface area contributed by atoms with E-state index in [1.165, 1.54) is 0 Å². The Bertz CT molecular complexity index is 1430. The number of benzene rings is 2. The number of sulfone groups is 2. The van der Waals surface area contributed by atoms with Crippen LogP contribution in [0, 0.1) is 6.92 Å². The molecule has 0 aliphatic rings. The molecule has 0 spiro atoms. The van der Waals surface area contributed by atoms with Gasteiger partial charge in [-0.15, -0.1) is 0 Å². The minimum absolute atomic E-state index is 0.0844. The minimum Gasteiger partial charge on any atom is -0.463 e. The Kier molecular flexibility index (Phi) is 28.2. The molecule has 0 bridgehead atoms. The van der Waals surface area contributed by atoms with E-state index in [0.717, 1.165) is 53.4 Å². The number of hydrogen-bond acceptors (Lipinski definition) is 10. The second-order valence-corrected chi connectivity index (χ2v) is 18.7. The van der Waals surface area contributed by atoms with E-state index in [1.807, 2.05) is 90.1 Å². The first-order chi connectivity index (χ1) is 23.7. The summed E-state index contributed by atoms with van der Waals surface area (Å²) in [4.78, 5) is 11.4. The molecule has 0 aliphatic carbocycles. The second kappa shape index (κ2) is 28.3. The van der Waals surface area contributed by atoms with Gasteiger partial charge in [0.15, 0.2) is 19.7 Å². The Labute approximate surface area is 316 Å². The summed E-state index contributed by atoms with van der Waals surface area (Å²) in [6, 6.07) is 15.0. The van der Waals surface area contributed by atoms with Gasteiger partial charge in [0, 0.05) is 17.9 Å².